The zero-order valence-corrected chi connectivity index (χ0v) is 12.6. The highest BCUT2D eigenvalue weighted by molar-refractivity contribution is 7.12. The molecule has 2 aromatic rings. The minimum atomic E-state index is -0.0105. The predicted octanol–water partition coefficient (Wildman–Crippen LogP) is 4.74. The van der Waals surface area contributed by atoms with Crippen molar-refractivity contribution in [1.82, 2.24) is 0 Å². The van der Waals surface area contributed by atoms with Crippen LogP contribution in [-0.4, -0.2) is 5.91 Å². The minimum Gasteiger partial charge on any atom is -0.321 e. The summed E-state index contributed by atoms with van der Waals surface area (Å²) in [6.07, 6.45) is 0. The van der Waals surface area contributed by atoms with Crippen molar-refractivity contribution in [3.8, 4) is 0 Å². The lowest BCUT2D eigenvalue weighted by molar-refractivity contribution is 0.103. The van der Waals surface area contributed by atoms with Crippen LogP contribution in [0.25, 0.3) is 0 Å². The Kier molecular flexibility index (Phi) is 4.05. The molecule has 0 fully saturated rings. The number of para-hydroxylation sites is 1. The molecule has 2 nitrogen and oxygen atoms in total. The van der Waals surface area contributed by atoms with E-state index < -0.39 is 0 Å². The van der Waals surface area contributed by atoms with Crippen molar-refractivity contribution < 1.29 is 4.79 Å². The summed E-state index contributed by atoms with van der Waals surface area (Å²) < 4.78 is 0. The Balaban J connectivity index is 2.34. The van der Waals surface area contributed by atoms with Gasteiger partial charge < -0.3 is 5.32 Å². The Morgan fingerprint density at radius 2 is 1.89 bits per heavy atom. The molecule has 0 aliphatic heterocycles. The van der Waals surface area contributed by atoms with Crippen LogP contribution in [0.1, 0.15) is 46.1 Å². The average Bonchev–Trinajstić information content (AvgIpc) is 2.77. The SMILES string of the molecule is Cc1ccsc1C(=O)Nc1c(C)cccc1C(C)C. The largest absolute Gasteiger partial charge is 0.321 e. The molecular formula is C16H19NOS. The van der Waals surface area contributed by atoms with E-state index in [4.69, 9.17) is 0 Å². The molecule has 0 saturated carbocycles. The molecule has 0 bridgehead atoms. The van der Waals surface area contributed by atoms with Crippen molar-refractivity contribution in [2.24, 2.45) is 0 Å². The third kappa shape index (κ3) is 2.87. The van der Waals surface area contributed by atoms with Crippen LogP contribution in [-0.2, 0) is 0 Å². The normalized spacial score (nSPS) is 10.8. The molecule has 2 rings (SSSR count). The highest BCUT2D eigenvalue weighted by Crippen LogP contribution is 2.28. The summed E-state index contributed by atoms with van der Waals surface area (Å²) in [7, 11) is 0. The number of benzene rings is 1. The number of carbonyl (C=O) groups excluding carboxylic acids is 1. The molecule has 0 saturated heterocycles. The van der Waals surface area contributed by atoms with Gasteiger partial charge >= 0.3 is 0 Å². The van der Waals surface area contributed by atoms with Gasteiger partial charge in [0, 0.05) is 5.69 Å². The minimum absolute atomic E-state index is 0.0105. The van der Waals surface area contributed by atoms with Crippen LogP contribution in [0.2, 0.25) is 0 Å². The van der Waals surface area contributed by atoms with E-state index in [-0.39, 0.29) is 5.91 Å². The molecule has 0 unspecified atom stereocenters. The van der Waals surface area contributed by atoms with E-state index in [9.17, 15) is 4.79 Å². The Morgan fingerprint density at radius 3 is 2.47 bits per heavy atom. The van der Waals surface area contributed by atoms with Gasteiger partial charge in [0.2, 0.25) is 0 Å². The van der Waals surface area contributed by atoms with Crippen molar-refractivity contribution in [2.75, 3.05) is 5.32 Å². The van der Waals surface area contributed by atoms with Crippen LogP contribution in [0.15, 0.2) is 29.6 Å². The summed E-state index contributed by atoms with van der Waals surface area (Å²) in [4.78, 5) is 13.1. The van der Waals surface area contributed by atoms with E-state index in [2.05, 4.69) is 25.2 Å². The lowest BCUT2D eigenvalue weighted by Gasteiger charge is -2.16. The number of nitrogens with one attached hydrogen (secondary N) is 1. The molecule has 0 atom stereocenters. The van der Waals surface area contributed by atoms with Crippen molar-refractivity contribution in [3.05, 3.63) is 51.2 Å². The first-order valence-corrected chi connectivity index (χ1v) is 7.33. The third-order valence-corrected chi connectivity index (χ3v) is 4.25. The second kappa shape index (κ2) is 5.57. The molecule has 1 N–H and O–H groups in total. The quantitative estimate of drug-likeness (QED) is 0.859. The molecule has 3 heteroatoms. The lowest BCUT2D eigenvalue weighted by Crippen LogP contribution is -2.14. The zero-order valence-electron chi connectivity index (χ0n) is 11.8. The number of amides is 1. The number of hydrogen-bond donors (Lipinski definition) is 1. The Labute approximate surface area is 118 Å². The fraction of sp³-hybridized carbons (Fsp3) is 0.312. The summed E-state index contributed by atoms with van der Waals surface area (Å²) >= 11 is 1.48. The van der Waals surface area contributed by atoms with Crippen LogP contribution < -0.4 is 5.32 Å². The Bertz CT molecular complexity index is 599. The topological polar surface area (TPSA) is 29.1 Å². The standard InChI is InChI=1S/C16H19NOS/c1-10(2)13-7-5-6-11(3)14(13)17-16(18)15-12(4)8-9-19-15/h5-10H,1-4H3,(H,17,18). The number of rotatable bonds is 3. The number of thiophene rings is 1. The van der Waals surface area contributed by atoms with Gasteiger partial charge in [-0.1, -0.05) is 32.0 Å². The monoisotopic (exact) mass is 273 g/mol. The van der Waals surface area contributed by atoms with Crippen LogP contribution in [0.3, 0.4) is 0 Å². The van der Waals surface area contributed by atoms with E-state index in [0.717, 1.165) is 21.7 Å². The zero-order chi connectivity index (χ0) is 14.0. The maximum Gasteiger partial charge on any atom is 0.266 e. The first-order chi connectivity index (χ1) is 9.00. The van der Waals surface area contributed by atoms with Crippen LogP contribution in [0.4, 0.5) is 5.69 Å². The Hall–Kier alpha value is -1.61. The van der Waals surface area contributed by atoms with Gasteiger partial charge in [0.1, 0.15) is 0 Å². The van der Waals surface area contributed by atoms with E-state index in [1.165, 1.54) is 16.9 Å². The van der Waals surface area contributed by atoms with Crippen molar-refractivity contribution >= 4 is 22.9 Å². The van der Waals surface area contributed by atoms with Gasteiger partial charge in [0.15, 0.2) is 0 Å². The highest BCUT2D eigenvalue weighted by Gasteiger charge is 2.15. The van der Waals surface area contributed by atoms with Crippen LogP contribution >= 0.6 is 11.3 Å². The number of anilines is 1. The summed E-state index contributed by atoms with van der Waals surface area (Å²) in [5.74, 6) is 0.378. The van der Waals surface area contributed by atoms with E-state index in [0.29, 0.717) is 5.92 Å². The average molecular weight is 273 g/mol. The van der Waals surface area contributed by atoms with Crippen molar-refractivity contribution in [3.63, 3.8) is 0 Å². The molecule has 100 valence electrons. The molecular weight excluding hydrogens is 254 g/mol. The summed E-state index contributed by atoms with van der Waals surface area (Å²) in [5.41, 5.74) is 4.27. The van der Waals surface area contributed by atoms with Crippen molar-refractivity contribution in [2.45, 2.75) is 33.6 Å². The molecule has 0 aliphatic carbocycles. The summed E-state index contributed by atoms with van der Waals surface area (Å²) in [6, 6.07) is 8.12. The number of aryl methyl sites for hydroxylation is 2. The van der Waals surface area contributed by atoms with E-state index in [1.807, 2.05) is 37.4 Å². The number of hydrogen-bond acceptors (Lipinski definition) is 2. The molecule has 1 heterocycles. The van der Waals surface area contributed by atoms with Gasteiger partial charge in [-0.15, -0.1) is 11.3 Å². The van der Waals surface area contributed by atoms with Gasteiger partial charge in [-0.05, 0) is 47.9 Å². The van der Waals surface area contributed by atoms with Gasteiger partial charge in [-0.25, -0.2) is 0 Å². The maximum absolute atomic E-state index is 12.3. The second-order valence-corrected chi connectivity index (χ2v) is 6.00. The molecule has 0 radical (unpaired) electrons. The van der Waals surface area contributed by atoms with E-state index >= 15 is 0 Å². The van der Waals surface area contributed by atoms with Gasteiger partial charge in [0.25, 0.3) is 5.91 Å². The maximum atomic E-state index is 12.3. The molecule has 0 aliphatic rings. The molecule has 1 aromatic heterocycles. The smallest absolute Gasteiger partial charge is 0.266 e. The van der Waals surface area contributed by atoms with Gasteiger partial charge in [0.05, 0.1) is 4.88 Å². The van der Waals surface area contributed by atoms with Gasteiger partial charge in [-0.3, -0.25) is 4.79 Å². The molecule has 19 heavy (non-hydrogen) atoms. The third-order valence-electron chi connectivity index (χ3n) is 3.23. The predicted molar refractivity (Wildman–Crippen MR) is 82.3 cm³/mol. The summed E-state index contributed by atoms with van der Waals surface area (Å²) in [5, 5.41) is 5.02. The molecule has 1 aromatic carbocycles. The van der Waals surface area contributed by atoms with Crippen molar-refractivity contribution in [1.29, 1.82) is 0 Å². The molecule has 1 amide bonds. The number of carbonyl (C=O) groups is 1. The first-order valence-electron chi connectivity index (χ1n) is 6.45. The van der Waals surface area contributed by atoms with E-state index in [1.54, 1.807) is 0 Å². The first kappa shape index (κ1) is 13.8. The fourth-order valence-corrected chi connectivity index (χ4v) is 2.94. The summed E-state index contributed by atoms with van der Waals surface area (Å²) in [6.45, 7) is 8.27. The Morgan fingerprint density at radius 1 is 1.16 bits per heavy atom. The molecule has 0 spiro atoms. The lowest BCUT2D eigenvalue weighted by atomic mass is 9.98. The second-order valence-electron chi connectivity index (χ2n) is 5.08. The van der Waals surface area contributed by atoms with Crippen LogP contribution in [0.5, 0.6) is 0 Å². The highest BCUT2D eigenvalue weighted by atomic mass is 32.1. The van der Waals surface area contributed by atoms with Crippen LogP contribution in [0, 0.1) is 13.8 Å². The van der Waals surface area contributed by atoms with Gasteiger partial charge in [-0.2, -0.15) is 0 Å². The fourth-order valence-electron chi connectivity index (χ4n) is 2.12.